The van der Waals surface area contributed by atoms with Crippen molar-refractivity contribution in [2.24, 2.45) is 0 Å². The Morgan fingerprint density at radius 1 is 1.25 bits per heavy atom. The minimum Gasteiger partial charge on any atom is -0.445 e. The molecule has 1 aromatic rings. The number of carbonyl (C=O) groups excluding carboxylic acids is 3. The Morgan fingerprint density at radius 3 is 2.47 bits per heavy atom. The van der Waals surface area contributed by atoms with E-state index < -0.39 is 71.1 Å². The fourth-order valence-corrected chi connectivity index (χ4v) is 3.88. The maximum atomic E-state index is 15.9. The van der Waals surface area contributed by atoms with Crippen LogP contribution in [0.15, 0.2) is 18.2 Å². The fraction of sp³-hybridized carbons (Fsp3) is 0.591. The molecule has 202 valence electrons. The summed E-state index contributed by atoms with van der Waals surface area (Å²) in [6.07, 6.45) is -2.35. The zero-order chi connectivity index (χ0) is 27.5. The van der Waals surface area contributed by atoms with E-state index in [9.17, 15) is 18.8 Å². The summed E-state index contributed by atoms with van der Waals surface area (Å²) in [4.78, 5) is 39.8. The molecule has 8 nitrogen and oxygen atoms in total. The van der Waals surface area contributed by atoms with Gasteiger partial charge in [0.1, 0.15) is 29.7 Å². The normalized spacial score (nSPS) is 20.2. The fourth-order valence-electron chi connectivity index (χ4n) is 3.53. The number of carbonyl (C=O) groups is 3. The first-order valence-electron chi connectivity index (χ1n) is 10.7. The number of amides is 3. The molecule has 0 bridgehead atoms. The van der Waals surface area contributed by atoms with Crippen molar-refractivity contribution in [3.8, 4) is 0 Å². The summed E-state index contributed by atoms with van der Waals surface area (Å²) in [7, 11) is 1.26. The van der Waals surface area contributed by atoms with Crippen LogP contribution in [0.2, 0.25) is 5.02 Å². The quantitative estimate of drug-likeness (QED) is 0.456. The summed E-state index contributed by atoms with van der Waals surface area (Å²) >= 11 is 22.5. The average Bonchev–Trinajstić information content (AvgIpc) is 3.08. The molecule has 2 atom stereocenters. The van der Waals surface area contributed by atoms with Crippen LogP contribution < -0.4 is 5.32 Å². The highest BCUT2D eigenvalue weighted by Crippen LogP contribution is 2.33. The molecule has 1 fully saturated rings. The third-order valence-corrected chi connectivity index (χ3v) is 5.62. The molecule has 0 aromatic heterocycles. The van der Waals surface area contributed by atoms with E-state index in [0.29, 0.717) is 0 Å². The van der Waals surface area contributed by atoms with Gasteiger partial charge in [-0.1, -0.05) is 58.5 Å². The third-order valence-electron chi connectivity index (χ3n) is 5.00. The predicted molar refractivity (Wildman–Crippen MR) is 133 cm³/mol. The maximum absolute atomic E-state index is 15.9. The number of nitrogens with one attached hydrogen (secondary N) is 1. The van der Waals surface area contributed by atoms with Gasteiger partial charge < -0.3 is 19.7 Å². The highest BCUT2D eigenvalue weighted by Gasteiger charge is 2.51. The number of rotatable bonds is 6. The molecule has 1 N–H and O–H groups in total. The number of likely N-dealkylation sites (tertiary alicyclic amines) is 1. The van der Waals surface area contributed by atoms with Crippen molar-refractivity contribution in [3.63, 3.8) is 0 Å². The Balaban J connectivity index is 2.17. The Kier molecular flexibility index (Phi) is 9.95. The van der Waals surface area contributed by atoms with Gasteiger partial charge in [-0.2, -0.15) is 0 Å². The monoisotopic (exact) mass is 591 g/mol. The highest BCUT2D eigenvalue weighted by atomic mass is 35.6. The second-order valence-electron chi connectivity index (χ2n) is 9.44. The van der Waals surface area contributed by atoms with Crippen molar-refractivity contribution in [1.82, 2.24) is 15.1 Å². The molecule has 1 saturated heterocycles. The lowest BCUT2D eigenvalue weighted by Crippen LogP contribution is -2.47. The highest BCUT2D eigenvalue weighted by molar-refractivity contribution is 6.67. The van der Waals surface area contributed by atoms with Crippen LogP contribution in [0.1, 0.15) is 32.8 Å². The van der Waals surface area contributed by atoms with Gasteiger partial charge in [0, 0.05) is 25.6 Å². The second kappa shape index (κ2) is 11.8. The van der Waals surface area contributed by atoms with Gasteiger partial charge in [-0.05, 0) is 26.8 Å². The first-order valence-corrected chi connectivity index (χ1v) is 12.3. The zero-order valence-electron chi connectivity index (χ0n) is 20.0. The lowest BCUT2D eigenvalue weighted by atomic mass is 10.0. The van der Waals surface area contributed by atoms with Gasteiger partial charge in [-0.15, -0.1) is 0 Å². The zero-order valence-corrected chi connectivity index (χ0v) is 23.1. The van der Waals surface area contributed by atoms with E-state index >= 15 is 4.39 Å². The lowest BCUT2D eigenvalue weighted by Gasteiger charge is -2.28. The first-order chi connectivity index (χ1) is 16.4. The van der Waals surface area contributed by atoms with Gasteiger partial charge in [0.2, 0.25) is 9.70 Å². The molecular weight excluding hydrogens is 566 g/mol. The summed E-state index contributed by atoms with van der Waals surface area (Å²) in [5.41, 5.74) is -3.00. The molecule has 2 rings (SSSR count). The van der Waals surface area contributed by atoms with Crippen LogP contribution in [0, 0.1) is 5.82 Å². The lowest BCUT2D eigenvalue weighted by molar-refractivity contribution is -0.125. The molecule has 1 aromatic carbocycles. The summed E-state index contributed by atoms with van der Waals surface area (Å²) in [6.45, 7) is 2.98. The summed E-state index contributed by atoms with van der Waals surface area (Å²) in [6, 6.07) is 3.01. The van der Waals surface area contributed by atoms with Gasteiger partial charge >= 0.3 is 12.2 Å². The molecule has 1 aliphatic heterocycles. The van der Waals surface area contributed by atoms with Crippen molar-refractivity contribution in [3.05, 3.63) is 34.6 Å². The number of alkyl halides is 4. The van der Waals surface area contributed by atoms with Gasteiger partial charge in [0.15, 0.2) is 0 Å². The molecular formula is C22H27Cl4F2N3O5. The topological polar surface area (TPSA) is 88.2 Å². The number of benzene rings is 1. The van der Waals surface area contributed by atoms with E-state index in [1.807, 2.05) is 0 Å². The molecule has 0 radical (unpaired) electrons. The van der Waals surface area contributed by atoms with E-state index in [4.69, 9.17) is 55.9 Å². The second-order valence-corrected chi connectivity index (χ2v) is 12.4. The molecule has 0 aliphatic carbocycles. The minimum atomic E-state index is -2.20. The van der Waals surface area contributed by atoms with E-state index in [0.717, 1.165) is 9.80 Å². The number of hydrogen-bond donors (Lipinski definition) is 1. The van der Waals surface area contributed by atoms with Crippen molar-refractivity contribution in [2.45, 2.75) is 54.8 Å². The smallest absolute Gasteiger partial charge is 0.411 e. The summed E-state index contributed by atoms with van der Waals surface area (Å²) < 4.78 is 38.4. The molecule has 36 heavy (non-hydrogen) atoms. The Hall–Kier alpha value is -1.75. The van der Waals surface area contributed by atoms with Crippen LogP contribution in [-0.4, -0.2) is 75.7 Å². The molecule has 0 spiro atoms. The standard InChI is InChI=1S/C22H27Cl4F2N3O5/c1-20(2,3)36-19(34)31-11-21(28,10-30(4)18(33)35-12-22(24,25)26)8-15(31)17(32)29-9-13-6-5-7-14(23)16(13)27/h5-7,15H,8-12H2,1-4H3,(H,29,32)/t15-,21-/m0/s1. The van der Waals surface area contributed by atoms with Crippen molar-refractivity contribution >= 4 is 64.5 Å². The third kappa shape index (κ3) is 8.97. The van der Waals surface area contributed by atoms with Crippen LogP contribution in [0.4, 0.5) is 18.4 Å². The van der Waals surface area contributed by atoms with Crippen LogP contribution in [0.25, 0.3) is 0 Å². The molecule has 3 amide bonds. The van der Waals surface area contributed by atoms with Gasteiger partial charge in [0.25, 0.3) is 0 Å². The van der Waals surface area contributed by atoms with Gasteiger partial charge in [-0.3, -0.25) is 9.69 Å². The number of nitrogens with zero attached hydrogens (tertiary/aromatic N) is 2. The SMILES string of the molecule is CN(C[C@@]1(F)C[C@@H](C(=O)NCc2cccc(Cl)c2F)N(C(=O)OC(C)(C)C)C1)C(=O)OCC(Cl)(Cl)Cl. The largest absolute Gasteiger partial charge is 0.445 e. The Morgan fingerprint density at radius 2 is 1.89 bits per heavy atom. The molecule has 14 heteroatoms. The summed E-state index contributed by atoms with van der Waals surface area (Å²) in [5, 5.41) is 2.38. The van der Waals surface area contributed by atoms with E-state index in [2.05, 4.69) is 5.32 Å². The molecule has 0 unspecified atom stereocenters. The maximum Gasteiger partial charge on any atom is 0.411 e. The minimum absolute atomic E-state index is 0.112. The van der Waals surface area contributed by atoms with Crippen LogP contribution >= 0.6 is 46.4 Å². The van der Waals surface area contributed by atoms with Gasteiger partial charge in [-0.25, -0.2) is 18.4 Å². The Labute approximate surface area is 228 Å². The molecule has 0 saturated carbocycles. The number of hydrogen-bond acceptors (Lipinski definition) is 5. The van der Waals surface area contributed by atoms with Crippen LogP contribution in [-0.2, 0) is 20.8 Å². The average molecular weight is 593 g/mol. The van der Waals surface area contributed by atoms with Crippen molar-refractivity contribution in [2.75, 3.05) is 26.7 Å². The molecule has 1 heterocycles. The van der Waals surface area contributed by atoms with Crippen LogP contribution in [0.3, 0.4) is 0 Å². The predicted octanol–water partition coefficient (Wildman–Crippen LogP) is 5.25. The van der Waals surface area contributed by atoms with E-state index in [1.54, 1.807) is 20.8 Å². The van der Waals surface area contributed by atoms with Crippen molar-refractivity contribution < 1.29 is 32.6 Å². The van der Waals surface area contributed by atoms with Crippen molar-refractivity contribution in [1.29, 1.82) is 0 Å². The number of halogens is 6. The van der Waals surface area contributed by atoms with Crippen LogP contribution in [0.5, 0.6) is 0 Å². The van der Waals surface area contributed by atoms with E-state index in [1.165, 1.54) is 25.2 Å². The molecule has 1 aliphatic rings. The summed E-state index contributed by atoms with van der Waals surface area (Å²) in [5.74, 6) is -1.44. The number of ether oxygens (including phenoxy) is 2. The Bertz CT molecular complexity index is 989. The van der Waals surface area contributed by atoms with E-state index in [-0.39, 0.29) is 17.1 Å². The first kappa shape index (κ1) is 30.5. The van der Waals surface area contributed by atoms with Gasteiger partial charge in [0.05, 0.1) is 18.1 Å².